The second-order valence-corrected chi connectivity index (χ2v) is 4.77. The van der Waals surface area contributed by atoms with Gasteiger partial charge in [0.25, 0.3) is 0 Å². The molecule has 0 aliphatic heterocycles. The van der Waals surface area contributed by atoms with Crippen LogP contribution in [0.1, 0.15) is 32.3 Å². The first-order chi connectivity index (χ1) is 11.0. The van der Waals surface area contributed by atoms with Gasteiger partial charge in [0, 0.05) is 25.4 Å². The molecule has 0 aromatic carbocycles. The highest BCUT2D eigenvalue weighted by Gasteiger charge is 2.30. The zero-order valence-corrected chi connectivity index (χ0v) is 16.1. The summed E-state index contributed by atoms with van der Waals surface area (Å²) < 4.78 is 42.5. The van der Waals surface area contributed by atoms with Gasteiger partial charge in [-0.3, -0.25) is 4.99 Å². The lowest BCUT2D eigenvalue weighted by Gasteiger charge is -2.12. The van der Waals surface area contributed by atoms with E-state index in [0.717, 1.165) is 38.2 Å². The van der Waals surface area contributed by atoms with E-state index in [1.54, 1.807) is 0 Å². The molecule has 0 saturated heterocycles. The molecule has 0 aliphatic carbocycles. The van der Waals surface area contributed by atoms with Crippen molar-refractivity contribution in [2.24, 2.45) is 4.99 Å². The number of hydrogen-bond donors (Lipinski definition) is 2. The average molecular weight is 460 g/mol. The second kappa shape index (κ2) is 12.2. The molecule has 1 heterocycles. The van der Waals surface area contributed by atoms with Gasteiger partial charge < -0.3 is 15.4 Å². The van der Waals surface area contributed by atoms with Crippen LogP contribution in [0.3, 0.4) is 0 Å². The van der Waals surface area contributed by atoms with E-state index in [2.05, 4.69) is 27.5 Å². The molecule has 5 nitrogen and oxygen atoms in total. The zero-order chi connectivity index (χ0) is 17.1. The molecule has 0 bridgehead atoms. The zero-order valence-electron chi connectivity index (χ0n) is 13.8. The van der Waals surface area contributed by atoms with E-state index in [1.165, 1.54) is 6.07 Å². The van der Waals surface area contributed by atoms with E-state index in [-0.39, 0.29) is 36.5 Å². The molecule has 0 unspecified atom stereocenters. The lowest BCUT2D eigenvalue weighted by molar-refractivity contribution is -0.137. The van der Waals surface area contributed by atoms with E-state index in [4.69, 9.17) is 4.74 Å². The smallest absolute Gasteiger partial charge is 0.417 e. The number of hydrogen-bond acceptors (Lipinski definition) is 3. The molecule has 1 rings (SSSR count). The van der Waals surface area contributed by atoms with Crippen molar-refractivity contribution in [2.45, 2.75) is 32.9 Å². The monoisotopic (exact) mass is 460 g/mol. The Labute approximate surface area is 157 Å². The summed E-state index contributed by atoms with van der Waals surface area (Å²) in [5.74, 6) is 0.859. The number of halogens is 4. The average Bonchev–Trinajstić information content (AvgIpc) is 2.51. The lowest BCUT2D eigenvalue weighted by atomic mass is 10.3. The fraction of sp³-hybridized carbons (Fsp3) is 0.600. The summed E-state index contributed by atoms with van der Waals surface area (Å²) in [5, 5.41) is 6.20. The first-order valence-electron chi connectivity index (χ1n) is 7.65. The fourth-order valence-corrected chi connectivity index (χ4v) is 1.65. The van der Waals surface area contributed by atoms with Crippen LogP contribution in [0.25, 0.3) is 0 Å². The van der Waals surface area contributed by atoms with Crippen LogP contribution in [0.5, 0.6) is 5.88 Å². The minimum atomic E-state index is -4.39. The van der Waals surface area contributed by atoms with Gasteiger partial charge in [0.15, 0.2) is 5.96 Å². The Hall–Kier alpha value is -1.26. The minimum Gasteiger partial charge on any atom is -0.476 e. The molecule has 0 saturated carbocycles. The van der Waals surface area contributed by atoms with Crippen molar-refractivity contribution in [3.8, 4) is 5.88 Å². The summed E-state index contributed by atoms with van der Waals surface area (Å²) in [4.78, 5) is 8.03. The number of ether oxygens (including phenoxy) is 1. The van der Waals surface area contributed by atoms with Gasteiger partial charge in [-0.25, -0.2) is 4.98 Å². The van der Waals surface area contributed by atoms with Gasteiger partial charge in [-0.05, 0) is 19.4 Å². The highest BCUT2D eigenvalue weighted by molar-refractivity contribution is 14.0. The van der Waals surface area contributed by atoms with Crippen LogP contribution in [-0.2, 0) is 6.18 Å². The number of pyridine rings is 1. The Balaban J connectivity index is 0.00000529. The van der Waals surface area contributed by atoms with Crippen LogP contribution in [0.15, 0.2) is 23.3 Å². The van der Waals surface area contributed by atoms with Crippen LogP contribution in [0.4, 0.5) is 13.2 Å². The molecule has 1 aromatic heterocycles. The van der Waals surface area contributed by atoms with Crippen LogP contribution in [0, 0.1) is 0 Å². The van der Waals surface area contributed by atoms with Crippen LogP contribution in [-0.4, -0.2) is 37.2 Å². The summed E-state index contributed by atoms with van der Waals surface area (Å²) in [5.41, 5.74) is -0.791. The number of guanidine groups is 1. The van der Waals surface area contributed by atoms with E-state index >= 15 is 0 Å². The molecule has 0 radical (unpaired) electrons. The molecular formula is C15H24F3IN4O. The maximum absolute atomic E-state index is 12.4. The van der Waals surface area contributed by atoms with Crippen LogP contribution >= 0.6 is 24.0 Å². The van der Waals surface area contributed by atoms with Crippen molar-refractivity contribution in [1.29, 1.82) is 0 Å². The van der Waals surface area contributed by atoms with E-state index in [0.29, 0.717) is 12.5 Å². The number of aromatic nitrogens is 1. The second-order valence-electron chi connectivity index (χ2n) is 4.77. The van der Waals surface area contributed by atoms with E-state index < -0.39 is 11.7 Å². The number of alkyl halides is 3. The molecule has 0 fully saturated rings. The third-order valence-electron chi connectivity index (χ3n) is 2.83. The number of aliphatic imine (C=N–C) groups is 1. The SMILES string of the molecule is CCCCN=C(NCC)NCCOc1ccc(C(F)(F)F)cn1.I. The molecule has 0 amide bonds. The topological polar surface area (TPSA) is 58.5 Å². The summed E-state index contributed by atoms with van der Waals surface area (Å²) in [7, 11) is 0. The van der Waals surface area contributed by atoms with Gasteiger partial charge >= 0.3 is 6.18 Å². The summed E-state index contributed by atoms with van der Waals surface area (Å²) in [6.07, 6.45) is -1.53. The molecule has 138 valence electrons. The number of nitrogens with one attached hydrogen (secondary N) is 2. The first kappa shape index (κ1) is 22.7. The number of rotatable bonds is 8. The van der Waals surface area contributed by atoms with Crippen molar-refractivity contribution >= 4 is 29.9 Å². The van der Waals surface area contributed by atoms with Gasteiger partial charge in [0.1, 0.15) is 6.61 Å². The summed E-state index contributed by atoms with van der Waals surface area (Å²) in [6, 6.07) is 2.16. The van der Waals surface area contributed by atoms with Gasteiger partial charge in [-0.2, -0.15) is 13.2 Å². The molecule has 0 atom stereocenters. The van der Waals surface area contributed by atoms with Crippen LogP contribution in [0.2, 0.25) is 0 Å². The molecule has 0 aliphatic rings. The number of nitrogens with zero attached hydrogens (tertiary/aromatic N) is 2. The lowest BCUT2D eigenvalue weighted by Crippen LogP contribution is -2.39. The van der Waals surface area contributed by atoms with Crippen LogP contribution < -0.4 is 15.4 Å². The normalized spacial score (nSPS) is 11.6. The molecular weight excluding hydrogens is 436 g/mol. The van der Waals surface area contributed by atoms with Gasteiger partial charge in [-0.1, -0.05) is 13.3 Å². The third kappa shape index (κ3) is 9.14. The van der Waals surface area contributed by atoms with E-state index in [1.807, 2.05) is 6.92 Å². The summed E-state index contributed by atoms with van der Waals surface area (Å²) in [6.45, 7) is 6.31. The Kier molecular flexibility index (Phi) is 11.5. The minimum absolute atomic E-state index is 0. The Morgan fingerprint density at radius 3 is 2.54 bits per heavy atom. The largest absolute Gasteiger partial charge is 0.476 e. The summed E-state index contributed by atoms with van der Waals surface area (Å²) >= 11 is 0. The molecule has 24 heavy (non-hydrogen) atoms. The van der Waals surface area contributed by atoms with Gasteiger partial charge in [-0.15, -0.1) is 24.0 Å². The van der Waals surface area contributed by atoms with Crippen molar-refractivity contribution < 1.29 is 17.9 Å². The molecule has 1 aromatic rings. The molecule has 2 N–H and O–H groups in total. The maximum atomic E-state index is 12.4. The van der Waals surface area contributed by atoms with Crippen molar-refractivity contribution in [1.82, 2.24) is 15.6 Å². The Bertz CT molecular complexity index is 481. The predicted molar refractivity (Wildman–Crippen MR) is 99.0 cm³/mol. The van der Waals surface area contributed by atoms with Gasteiger partial charge in [0.2, 0.25) is 5.88 Å². The van der Waals surface area contributed by atoms with Crippen molar-refractivity contribution in [2.75, 3.05) is 26.2 Å². The number of unbranched alkanes of at least 4 members (excludes halogenated alkanes) is 1. The van der Waals surface area contributed by atoms with E-state index in [9.17, 15) is 13.2 Å². The molecule has 9 heteroatoms. The van der Waals surface area contributed by atoms with Gasteiger partial charge in [0.05, 0.1) is 12.1 Å². The third-order valence-corrected chi connectivity index (χ3v) is 2.83. The quantitative estimate of drug-likeness (QED) is 0.270. The highest BCUT2D eigenvalue weighted by Crippen LogP contribution is 2.29. The predicted octanol–water partition coefficient (Wildman–Crippen LogP) is 3.45. The standard InChI is InChI=1S/C15H23F3N4O.HI/c1-3-5-8-20-14(19-4-2)21-9-10-23-13-7-6-12(11-22-13)15(16,17)18;/h6-7,11H,3-5,8-10H2,1-2H3,(H2,19,20,21);1H. The fourth-order valence-electron chi connectivity index (χ4n) is 1.65. The molecule has 0 spiro atoms. The Morgan fingerprint density at radius 1 is 1.25 bits per heavy atom. The first-order valence-corrected chi connectivity index (χ1v) is 7.65. The highest BCUT2D eigenvalue weighted by atomic mass is 127. The Morgan fingerprint density at radius 2 is 2.00 bits per heavy atom. The maximum Gasteiger partial charge on any atom is 0.417 e. The van der Waals surface area contributed by atoms with Crippen molar-refractivity contribution in [3.05, 3.63) is 23.9 Å². The van der Waals surface area contributed by atoms with Crippen molar-refractivity contribution in [3.63, 3.8) is 0 Å².